The van der Waals surface area contributed by atoms with E-state index in [4.69, 9.17) is 0 Å². The molecule has 2 aromatic heterocycles. The molecule has 1 saturated carbocycles. The van der Waals surface area contributed by atoms with Crippen molar-refractivity contribution in [2.24, 2.45) is 0 Å². The molecular weight excluding hydrogens is 427 g/mol. The predicted molar refractivity (Wildman–Crippen MR) is 123 cm³/mol. The third-order valence-electron chi connectivity index (χ3n) is 6.45. The zero-order valence-corrected chi connectivity index (χ0v) is 19.1. The molecule has 0 unspecified atom stereocenters. The molecule has 1 fully saturated rings. The number of benzene rings is 1. The van der Waals surface area contributed by atoms with Gasteiger partial charge in [0, 0.05) is 42.1 Å². The van der Waals surface area contributed by atoms with E-state index in [1.165, 1.54) is 11.8 Å². The van der Waals surface area contributed by atoms with Crippen molar-refractivity contribution >= 4 is 15.5 Å². The van der Waals surface area contributed by atoms with Gasteiger partial charge in [-0.3, -0.25) is 4.98 Å². The summed E-state index contributed by atoms with van der Waals surface area (Å²) >= 11 is 0. The van der Waals surface area contributed by atoms with E-state index < -0.39 is 15.7 Å². The van der Waals surface area contributed by atoms with E-state index in [2.05, 4.69) is 46.9 Å². The van der Waals surface area contributed by atoms with Gasteiger partial charge in [0.25, 0.3) is 0 Å². The number of sulfone groups is 1. The summed E-state index contributed by atoms with van der Waals surface area (Å²) in [5, 5.41) is -0.100. The van der Waals surface area contributed by atoms with Gasteiger partial charge in [0.1, 0.15) is 6.33 Å². The molecule has 1 aliphatic heterocycles. The van der Waals surface area contributed by atoms with Crippen molar-refractivity contribution in [3.05, 3.63) is 60.6 Å². The lowest BCUT2D eigenvalue weighted by atomic mass is 9.86. The van der Waals surface area contributed by atoms with Crippen molar-refractivity contribution in [1.82, 2.24) is 14.5 Å². The van der Waals surface area contributed by atoms with E-state index >= 15 is 0 Å². The van der Waals surface area contributed by atoms with Crippen LogP contribution in [0.3, 0.4) is 0 Å². The number of anilines is 1. The molecule has 0 bridgehead atoms. The Morgan fingerprint density at radius 2 is 2.00 bits per heavy atom. The van der Waals surface area contributed by atoms with E-state index in [0.29, 0.717) is 18.7 Å². The van der Waals surface area contributed by atoms with E-state index in [1.807, 2.05) is 6.20 Å². The van der Waals surface area contributed by atoms with Gasteiger partial charge < -0.3 is 9.47 Å². The van der Waals surface area contributed by atoms with Crippen LogP contribution in [0.25, 0.3) is 16.9 Å². The molecule has 0 spiro atoms. The molecule has 0 atom stereocenters. The first-order chi connectivity index (χ1) is 15.2. The average molecular weight is 455 g/mol. The Morgan fingerprint density at radius 1 is 1.19 bits per heavy atom. The lowest BCUT2D eigenvalue weighted by molar-refractivity contribution is 0.548. The van der Waals surface area contributed by atoms with E-state index in [1.54, 1.807) is 23.2 Å². The lowest BCUT2D eigenvalue weighted by Crippen LogP contribution is -2.30. The number of halogens is 1. The first-order valence-electron chi connectivity index (χ1n) is 11.0. The Hall–Kier alpha value is -2.74. The zero-order chi connectivity index (χ0) is 22.5. The van der Waals surface area contributed by atoms with Crippen molar-refractivity contribution in [2.45, 2.75) is 43.8 Å². The molecular formula is C24H27FN4O2S. The zero-order valence-electron chi connectivity index (χ0n) is 18.3. The first-order valence-corrected chi connectivity index (χ1v) is 12.7. The molecule has 6 nitrogen and oxygen atoms in total. The summed E-state index contributed by atoms with van der Waals surface area (Å²) < 4.78 is 40.3. The number of imidazole rings is 1. The SMILES string of the molecule is CC1(C)CN(CCCS(=O)(=O)C2CC2)c2cc(-c3cn(-c4ccncc4F)cn3)ccc21. The molecule has 8 heteroatoms. The maximum Gasteiger partial charge on any atom is 0.165 e. The second kappa shape index (κ2) is 7.69. The minimum absolute atomic E-state index is 0.0112. The average Bonchev–Trinajstić information content (AvgIpc) is 3.46. The van der Waals surface area contributed by atoms with Gasteiger partial charge in [0.15, 0.2) is 15.7 Å². The van der Waals surface area contributed by atoms with Crippen molar-refractivity contribution in [3.8, 4) is 16.9 Å². The smallest absolute Gasteiger partial charge is 0.165 e. The minimum Gasteiger partial charge on any atom is -0.370 e. The molecule has 1 aromatic carbocycles. The maximum absolute atomic E-state index is 14.1. The second-order valence-corrected chi connectivity index (χ2v) is 11.9. The number of aromatic nitrogens is 3. The fourth-order valence-electron chi connectivity index (χ4n) is 4.60. The molecule has 3 aromatic rings. The highest BCUT2D eigenvalue weighted by Crippen LogP contribution is 2.42. The number of pyridine rings is 1. The summed E-state index contributed by atoms with van der Waals surface area (Å²) in [6, 6.07) is 7.92. The normalized spacial score (nSPS) is 17.5. The molecule has 1 aliphatic carbocycles. The second-order valence-electron chi connectivity index (χ2n) is 9.45. The predicted octanol–water partition coefficient (Wildman–Crippen LogP) is 4.14. The summed E-state index contributed by atoms with van der Waals surface area (Å²) in [6.45, 7) is 6.00. The van der Waals surface area contributed by atoms with Crippen LogP contribution in [0, 0.1) is 5.82 Å². The van der Waals surface area contributed by atoms with Crippen molar-refractivity contribution in [2.75, 3.05) is 23.7 Å². The number of rotatable bonds is 7. The molecule has 0 radical (unpaired) electrons. The third kappa shape index (κ3) is 3.92. The van der Waals surface area contributed by atoms with Crippen molar-refractivity contribution in [3.63, 3.8) is 0 Å². The molecule has 5 rings (SSSR count). The lowest BCUT2D eigenvalue weighted by Gasteiger charge is -2.22. The monoisotopic (exact) mass is 454 g/mol. The van der Waals surface area contributed by atoms with Gasteiger partial charge >= 0.3 is 0 Å². The number of hydrogen-bond donors (Lipinski definition) is 0. The summed E-state index contributed by atoms with van der Waals surface area (Å²) in [5.74, 6) is -0.148. The fourth-order valence-corrected chi connectivity index (χ4v) is 6.32. The van der Waals surface area contributed by atoms with Crippen LogP contribution in [-0.4, -0.2) is 47.0 Å². The summed E-state index contributed by atoms with van der Waals surface area (Å²) in [6.07, 6.45) is 8.43. The van der Waals surface area contributed by atoms with Crippen LogP contribution in [0.2, 0.25) is 0 Å². The Bertz CT molecular complexity index is 1260. The molecule has 3 heterocycles. The topological polar surface area (TPSA) is 68.1 Å². The van der Waals surface area contributed by atoms with Crippen LogP contribution < -0.4 is 4.90 Å². The standard InChI is InChI=1S/C24H27FN4O2S/c1-24(2)15-28(10-3-11-32(30,31)18-5-6-18)23-12-17(4-7-19(23)24)21-14-29(16-27-21)22-8-9-26-13-20(22)25/h4,7-9,12-14,16,18H,3,5-6,10-11,15H2,1-2H3. The maximum atomic E-state index is 14.1. The Labute approximate surface area is 188 Å². The molecule has 0 saturated heterocycles. The van der Waals surface area contributed by atoms with Gasteiger partial charge in [-0.2, -0.15) is 0 Å². The van der Waals surface area contributed by atoms with Gasteiger partial charge in [-0.15, -0.1) is 0 Å². The van der Waals surface area contributed by atoms with Crippen molar-refractivity contribution < 1.29 is 12.8 Å². The van der Waals surface area contributed by atoms with Crippen LogP contribution in [0.15, 0.2) is 49.2 Å². The highest BCUT2D eigenvalue weighted by molar-refractivity contribution is 7.92. The Morgan fingerprint density at radius 3 is 2.75 bits per heavy atom. The van der Waals surface area contributed by atoms with Gasteiger partial charge in [-0.05, 0) is 37.0 Å². The van der Waals surface area contributed by atoms with Gasteiger partial charge in [0.05, 0.1) is 28.6 Å². The number of fused-ring (bicyclic) bond motifs is 1. The van der Waals surface area contributed by atoms with Gasteiger partial charge in [0.2, 0.25) is 0 Å². The quantitative estimate of drug-likeness (QED) is 0.537. The number of hydrogen-bond acceptors (Lipinski definition) is 5. The number of nitrogens with zero attached hydrogens (tertiary/aromatic N) is 4. The van der Waals surface area contributed by atoms with E-state index in [9.17, 15) is 12.8 Å². The Kier molecular flexibility index (Phi) is 5.08. The van der Waals surface area contributed by atoms with E-state index in [-0.39, 0.29) is 16.4 Å². The van der Waals surface area contributed by atoms with Gasteiger partial charge in [-0.25, -0.2) is 17.8 Å². The highest BCUT2D eigenvalue weighted by Gasteiger charge is 2.37. The largest absolute Gasteiger partial charge is 0.370 e. The van der Waals surface area contributed by atoms with Gasteiger partial charge in [-0.1, -0.05) is 26.0 Å². The van der Waals surface area contributed by atoms with E-state index in [0.717, 1.165) is 36.3 Å². The minimum atomic E-state index is -2.94. The summed E-state index contributed by atoms with van der Waals surface area (Å²) in [5.41, 5.74) is 4.48. The van der Waals surface area contributed by atoms with Crippen LogP contribution in [0.5, 0.6) is 0 Å². The molecule has 32 heavy (non-hydrogen) atoms. The first kappa shape index (κ1) is 21.1. The molecule has 0 amide bonds. The van der Waals surface area contributed by atoms with Crippen LogP contribution in [0.1, 0.15) is 38.7 Å². The fraction of sp³-hybridized carbons (Fsp3) is 0.417. The third-order valence-corrected chi connectivity index (χ3v) is 8.80. The summed E-state index contributed by atoms with van der Waals surface area (Å²) in [4.78, 5) is 10.6. The van der Waals surface area contributed by atoms with Crippen molar-refractivity contribution in [1.29, 1.82) is 0 Å². The van der Waals surface area contributed by atoms with Crippen LogP contribution >= 0.6 is 0 Å². The van der Waals surface area contributed by atoms with Crippen LogP contribution in [0.4, 0.5) is 10.1 Å². The Balaban J connectivity index is 1.39. The van der Waals surface area contributed by atoms with Crippen LogP contribution in [-0.2, 0) is 15.3 Å². The molecule has 2 aliphatic rings. The molecule has 0 N–H and O–H groups in total. The molecule has 168 valence electrons. The highest BCUT2D eigenvalue weighted by atomic mass is 32.2. The summed E-state index contributed by atoms with van der Waals surface area (Å²) in [7, 11) is -2.94.